The third-order valence-electron chi connectivity index (χ3n) is 5.04. The number of carbonyl (C=O) groups is 1. The SMILES string of the molecule is COc1cc(C)c(C)cc1S(=O)(=O)N[C@@H](CC(C)C)C(=O)N1CCCCC1. The predicted molar refractivity (Wildman–Crippen MR) is 106 cm³/mol. The Morgan fingerprint density at radius 3 is 2.30 bits per heavy atom. The maximum Gasteiger partial charge on any atom is 0.244 e. The monoisotopic (exact) mass is 396 g/mol. The Hall–Kier alpha value is -1.60. The fraction of sp³-hybridized carbons (Fsp3) is 0.650. The minimum absolute atomic E-state index is 0.0771. The number of hydrogen-bond acceptors (Lipinski definition) is 4. The van der Waals surface area contributed by atoms with Gasteiger partial charge >= 0.3 is 0 Å². The number of hydrogen-bond donors (Lipinski definition) is 1. The van der Waals surface area contributed by atoms with Gasteiger partial charge in [-0.05, 0) is 68.7 Å². The molecular weight excluding hydrogens is 364 g/mol. The van der Waals surface area contributed by atoms with E-state index < -0.39 is 16.1 Å². The predicted octanol–water partition coefficient (Wildman–Crippen LogP) is 3.02. The van der Waals surface area contributed by atoms with Crippen molar-refractivity contribution in [3.8, 4) is 5.75 Å². The van der Waals surface area contributed by atoms with Gasteiger partial charge in [0.05, 0.1) is 7.11 Å². The molecule has 1 amide bonds. The van der Waals surface area contributed by atoms with E-state index in [9.17, 15) is 13.2 Å². The Labute approximate surface area is 163 Å². The van der Waals surface area contributed by atoms with Crippen LogP contribution in [-0.2, 0) is 14.8 Å². The fourth-order valence-electron chi connectivity index (χ4n) is 3.39. The Morgan fingerprint density at radius 2 is 1.74 bits per heavy atom. The zero-order chi connectivity index (χ0) is 20.2. The normalized spacial score (nSPS) is 16.4. The van der Waals surface area contributed by atoms with Crippen LogP contribution in [0, 0.1) is 19.8 Å². The fourth-order valence-corrected chi connectivity index (χ4v) is 4.83. The second-order valence-corrected chi connectivity index (χ2v) is 9.46. The van der Waals surface area contributed by atoms with E-state index in [-0.39, 0.29) is 16.7 Å². The summed E-state index contributed by atoms with van der Waals surface area (Å²) in [5.74, 6) is 0.349. The number of rotatable bonds is 7. The molecule has 0 bridgehead atoms. The summed E-state index contributed by atoms with van der Waals surface area (Å²) in [6.45, 7) is 9.13. The summed E-state index contributed by atoms with van der Waals surface area (Å²) in [4.78, 5) is 14.9. The summed E-state index contributed by atoms with van der Waals surface area (Å²) in [5.41, 5.74) is 1.81. The van der Waals surface area contributed by atoms with Crippen LogP contribution in [0.2, 0.25) is 0 Å². The summed E-state index contributed by atoms with van der Waals surface area (Å²) in [6.07, 6.45) is 3.52. The van der Waals surface area contributed by atoms with Crippen LogP contribution in [0.3, 0.4) is 0 Å². The Morgan fingerprint density at radius 1 is 1.15 bits per heavy atom. The number of ether oxygens (including phenoxy) is 1. The van der Waals surface area contributed by atoms with Gasteiger partial charge in [-0.2, -0.15) is 4.72 Å². The molecule has 1 heterocycles. The average Bonchev–Trinajstić information content (AvgIpc) is 2.62. The first kappa shape index (κ1) is 21.7. The molecule has 1 aromatic carbocycles. The molecule has 0 aliphatic carbocycles. The van der Waals surface area contributed by atoms with Crippen molar-refractivity contribution in [2.24, 2.45) is 5.92 Å². The van der Waals surface area contributed by atoms with Crippen LogP contribution in [0.15, 0.2) is 17.0 Å². The molecule has 7 heteroatoms. The minimum Gasteiger partial charge on any atom is -0.495 e. The maximum absolute atomic E-state index is 13.1. The van der Waals surface area contributed by atoms with Crippen LogP contribution in [0.5, 0.6) is 5.75 Å². The number of methoxy groups -OCH3 is 1. The van der Waals surface area contributed by atoms with Crippen molar-refractivity contribution < 1.29 is 17.9 Å². The number of likely N-dealkylation sites (tertiary alicyclic amines) is 1. The molecule has 2 rings (SSSR count). The zero-order valence-corrected chi connectivity index (χ0v) is 17.9. The number of nitrogens with one attached hydrogen (secondary N) is 1. The van der Waals surface area contributed by atoms with Gasteiger partial charge in [-0.3, -0.25) is 4.79 Å². The van der Waals surface area contributed by atoms with Gasteiger partial charge < -0.3 is 9.64 Å². The Kier molecular flexibility index (Phi) is 7.28. The summed E-state index contributed by atoms with van der Waals surface area (Å²) in [7, 11) is -2.44. The van der Waals surface area contributed by atoms with Crippen LogP contribution in [0.1, 0.15) is 50.7 Å². The van der Waals surface area contributed by atoms with E-state index in [0.717, 1.165) is 30.4 Å². The summed E-state index contributed by atoms with van der Waals surface area (Å²) >= 11 is 0. The third-order valence-corrected chi connectivity index (χ3v) is 6.53. The standard InChI is InChI=1S/C20H32N2O4S/c1-14(2)11-17(20(23)22-9-7-6-8-10-22)21-27(24,25)19-13-16(4)15(3)12-18(19)26-5/h12-14,17,21H,6-11H2,1-5H3/t17-/m0/s1. The number of aryl methyl sites for hydroxylation is 2. The van der Waals surface area contributed by atoms with Gasteiger partial charge in [-0.15, -0.1) is 0 Å². The topological polar surface area (TPSA) is 75.7 Å². The van der Waals surface area contributed by atoms with Gasteiger partial charge in [0.25, 0.3) is 0 Å². The van der Waals surface area contributed by atoms with Crippen LogP contribution < -0.4 is 9.46 Å². The molecule has 1 saturated heterocycles. The highest BCUT2D eigenvalue weighted by Gasteiger charge is 2.32. The highest BCUT2D eigenvalue weighted by Crippen LogP contribution is 2.28. The third kappa shape index (κ3) is 5.45. The molecule has 1 aliphatic heterocycles. The lowest BCUT2D eigenvalue weighted by atomic mass is 10.0. The van der Waals surface area contributed by atoms with Gasteiger partial charge in [-0.1, -0.05) is 13.8 Å². The van der Waals surface area contributed by atoms with E-state index in [1.54, 1.807) is 17.0 Å². The lowest BCUT2D eigenvalue weighted by Gasteiger charge is -2.31. The molecule has 1 aliphatic rings. The van der Waals surface area contributed by atoms with E-state index >= 15 is 0 Å². The molecule has 1 N–H and O–H groups in total. The average molecular weight is 397 g/mol. The number of amides is 1. The van der Waals surface area contributed by atoms with Crippen molar-refractivity contribution >= 4 is 15.9 Å². The van der Waals surface area contributed by atoms with Crippen molar-refractivity contribution in [3.63, 3.8) is 0 Å². The second kappa shape index (κ2) is 9.06. The van der Waals surface area contributed by atoms with Crippen molar-refractivity contribution in [2.75, 3.05) is 20.2 Å². The van der Waals surface area contributed by atoms with E-state index in [0.29, 0.717) is 25.3 Å². The molecule has 0 radical (unpaired) electrons. The number of carbonyl (C=O) groups excluding carboxylic acids is 1. The second-order valence-electron chi connectivity index (χ2n) is 7.78. The van der Waals surface area contributed by atoms with Crippen molar-refractivity contribution in [1.82, 2.24) is 9.62 Å². The number of sulfonamides is 1. The van der Waals surface area contributed by atoms with Crippen molar-refractivity contribution in [1.29, 1.82) is 0 Å². The van der Waals surface area contributed by atoms with Crippen LogP contribution in [0.25, 0.3) is 0 Å². The van der Waals surface area contributed by atoms with Crippen LogP contribution >= 0.6 is 0 Å². The molecule has 1 fully saturated rings. The molecule has 0 aromatic heterocycles. The number of piperidine rings is 1. The lowest BCUT2D eigenvalue weighted by molar-refractivity contribution is -0.134. The van der Waals surface area contributed by atoms with E-state index in [2.05, 4.69) is 4.72 Å². The zero-order valence-electron chi connectivity index (χ0n) is 17.0. The minimum atomic E-state index is -3.89. The first-order valence-electron chi connectivity index (χ1n) is 9.62. The lowest BCUT2D eigenvalue weighted by Crippen LogP contribution is -2.50. The number of nitrogens with zero attached hydrogens (tertiary/aromatic N) is 1. The summed E-state index contributed by atoms with van der Waals surface area (Å²) in [6, 6.07) is 2.56. The van der Waals surface area contributed by atoms with Crippen molar-refractivity contribution in [3.05, 3.63) is 23.3 Å². The van der Waals surface area contributed by atoms with Gasteiger partial charge in [0.15, 0.2) is 0 Å². The van der Waals surface area contributed by atoms with Gasteiger partial charge in [-0.25, -0.2) is 8.42 Å². The number of benzene rings is 1. The highest BCUT2D eigenvalue weighted by atomic mass is 32.2. The molecule has 152 valence electrons. The van der Waals surface area contributed by atoms with Crippen LogP contribution in [-0.4, -0.2) is 45.5 Å². The Balaban J connectivity index is 2.32. The molecular formula is C20H32N2O4S. The molecule has 0 saturated carbocycles. The molecule has 1 atom stereocenters. The smallest absolute Gasteiger partial charge is 0.244 e. The van der Waals surface area contributed by atoms with Gasteiger partial charge in [0, 0.05) is 13.1 Å². The van der Waals surface area contributed by atoms with E-state index in [4.69, 9.17) is 4.74 Å². The van der Waals surface area contributed by atoms with Gasteiger partial charge in [0.1, 0.15) is 16.7 Å². The summed E-state index contributed by atoms with van der Waals surface area (Å²) in [5, 5.41) is 0. The van der Waals surface area contributed by atoms with E-state index in [1.807, 2.05) is 27.7 Å². The first-order valence-corrected chi connectivity index (χ1v) is 11.1. The Bertz CT molecular complexity index is 768. The van der Waals surface area contributed by atoms with Crippen LogP contribution in [0.4, 0.5) is 0 Å². The largest absolute Gasteiger partial charge is 0.495 e. The van der Waals surface area contributed by atoms with Crippen molar-refractivity contribution in [2.45, 2.75) is 64.3 Å². The van der Waals surface area contributed by atoms with E-state index in [1.165, 1.54) is 7.11 Å². The first-order chi connectivity index (χ1) is 12.7. The highest BCUT2D eigenvalue weighted by molar-refractivity contribution is 7.89. The molecule has 0 spiro atoms. The summed E-state index contributed by atoms with van der Waals surface area (Å²) < 4.78 is 34.1. The van der Waals surface area contributed by atoms with Gasteiger partial charge in [0.2, 0.25) is 15.9 Å². The quantitative estimate of drug-likeness (QED) is 0.769. The molecule has 6 nitrogen and oxygen atoms in total. The molecule has 27 heavy (non-hydrogen) atoms. The molecule has 0 unspecified atom stereocenters. The molecule has 1 aromatic rings. The maximum atomic E-state index is 13.1.